The fourth-order valence-corrected chi connectivity index (χ4v) is 5.61. The summed E-state index contributed by atoms with van der Waals surface area (Å²) < 4.78 is 39.8. The molecule has 206 valence electrons. The molecule has 0 N–H and O–H groups in total. The van der Waals surface area contributed by atoms with Crippen molar-refractivity contribution in [1.29, 1.82) is 0 Å². The van der Waals surface area contributed by atoms with Crippen LogP contribution in [-0.4, -0.2) is 11.9 Å². The highest BCUT2D eigenvalue weighted by Crippen LogP contribution is 2.39. The fourth-order valence-electron chi connectivity index (χ4n) is 5.61. The number of allylic oxidation sites excluding steroid dienone is 1. The molecule has 0 aromatic heterocycles. The van der Waals surface area contributed by atoms with Crippen LogP contribution in [0.1, 0.15) is 80.3 Å². The molecule has 3 aromatic rings. The molecule has 3 aromatic carbocycles. The molecule has 0 saturated heterocycles. The van der Waals surface area contributed by atoms with Gasteiger partial charge < -0.3 is 4.90 Å². The van der Waals surface area contributed by atoms with E-state index in [1.807, 2.05) is 6.07 Å². The van der Waals surface area contributed by atoms with Crippen LogP contribution < -0.4 is 10.4 Å². The molecule has 0 fully saturated rings. The van der Waals surface area contributed by atoms with E-state index in [1.165, 1.54) is 28.8 Å². The van der Waals surface area contributed by atoms with Crippen molar-refractivity contribution < 1.29 is 13.2 Å². The Morgan fingerprint density at radius 3 is 2.31 bits per heavy atom. The van der Waals surface area contributed by atoms with Crippen molar-refractivity contribution in [2.75, 3.05) is 7.05 Å². The normalized spacial score (nSPS) is 13.9. The largest absolute Gasteiger partial charge is 0.416 e. The molecule has 1 aliphatic rings. The van der Waals surface area contributed by atoms with Crippen molar-refractivity contribution in [2.45, 2.75) is 71.5 Å². The molecule has 0 amide bonds. The standard InChI is InChI=1S/C35H40F3N/c1-7-8-24(4)9-10-26-11-13-27(14-12-26)34(17-23(2)3)39(6)22-30-21-33-28(18-25(30)5)19-29-20-31(35(36,37)38)15-16-32(29)33/h11-16,18,20-23,34H,4-5,7-10,17,19H2,1-3,6H3/b30-22-. The minimum atomic E-state index is -4.34. The van der Waals surface area contributed by atoms with Gasteiger partial charge in [0.15, 0.2) is 0 Å². The highest BCUT2D eigenvalue weighted by Gasteiger charge is 2.32. The van der Waals surface area contributed by atoms with Gasteiger partial charge in [-0.2, -0.15) is 13.2 Å². The van der Waals surface area contributed by atoms with Gasteiger partial charge in [0, 0.05) is 13.2 Å². The Labute approximate surface area is 231 Å². The summed E-state index contributed by atoms with van der Waals surface area (Å²) in [5.74, 6) is 0.511. The number of halogens is 3. The third-order valence-electron chi connectivity index (χ3n) is 7.73. The molecule has 0 spiro atoms. The van der Waals surface area contributed by atoms with E-state index in [1.54, 1.807) is 6.07 Å². The van der Waals surface area contributed by atoms with E-state index in [0.717, 1.165) is 64.8 Å². The molecule has 1 unspecified atom stereocenters. The summed E-state index contributed by atoms with van der Waals surface area (Å²) in [4.78, 5) is 2.26. The molecule has 4 heteroatoms. The van der Waals surface area contributed by atoms with Crippen LogP contribution in [0.25, 0.3) is 23.9 Å². The van der Waals surface area contributed by atoms with Crippen LogP contribution in [0, 0.1) is 5.92 Å². The van der Waals surface area contributed by atoms with E-state index < -0.39 is 11.7 Å². The van der Waals surface area contributed by atoms with Gasteiger partial charge >= 0.3 is 6.18 Å². The average molecular weight is 532 g/mol. The van der Waals surface area contributed by atoms with Crippen LogP contribution in [0.15, 0.2) is 66.7 Å². The monoisotopic (exact) mass is 531 g/mol. The van der Waals surface area contributed by atoms with Crippen LogP contribution >= 0.6 is 0 Å². The first kappa shape index (κ1) is 28.7. The zero-order valence-corrected chi connectivity index (χ0v) is 23.7. The Morgan fingerprint density at radius 1 is 0.974 bits per heavy atom. The quantitative estimate of drug-likeness (QED) is 0.186. The molecule has 39 heavy (non-hydrogen) atoms. The first-order chi connectivity index (χ1) is 18.5. The summed E-state index contributed by atoms with van der Waals surface area (Å²) in [5, 5.41) is 1.87. The predicted octanol–water partition coefficient (Wildman–Crippen LogP) is 8.43. The number of rotatable bonds is 10. The number of hydrogen-bond acceptors (Lipinski definition) is 1. The minimum Gasteiger partial charge on any atom is -0.373 e. The summed E-state index contributed by atoms with van der Waals surface area (Å²) >= 11 is 0. The molecular weight excluding hydrogens is 491 g/mol. The molecule has 0 heterocycles. The molecular formula is C35H40F3N. The predicted molar refractivity (Wildman–Crippen MR) is 158 cm³/mol. The number of fused-ring (bicyclic) bond motifs is 3. The van der Waals surface area contributed by atoms with Crippen LogP contribution in [0.2, 0.25) is 0 Å². The van der Waals surface area contributed by atoms with Gasteiger partial charge in [-0.1, -0.05) is 82.3 Å². The van der Waals surface area contributed by atoms with Crippen molar-refractivity contribution in [3.8, 4) is 11.1 Å². The third kappa shape index (κ3) is 6.84. The fraction of sp³-hybridized carbons (Fsp3) is 0.371. The maximum Gasteiger partial charge on any atom is 0.416 e. The number of alkyl halides is 3. The maximum absolute atomic E-state index is 13.3. The molecule has 0 radical (unpaired) electrons. The Bertz CT molecular complexity index is 1430. The summed E-state index contributed by atoms with van der Waals surface area (Å²) in [6, 6.07) is 17.4. The van der Waals surface area contributed by atoms with Gasteiger partial charge in [0.05, 0.1) is 11.6 Å². The summed E-state index contributed by atoms with van der Waals surface area (Å²) in [7, 11) is 2.10. The van der Waals surface area contributed by atoms with Crippen molar-refractivity contribution >= 4 is 12.8 Å². The molecule has 0 bridgehead atoms. The van der Waals surface area contributed by atoms with Gasteiger partial charge in [-0.15, -0.1) is 0 Å². The van der Waals surface area contributed by atoms with Crippen LogP contribution in [0.4, 0.5) is 13.2 Å². The second-order valence-electron chi connectivity index (χ2n) is 11.4. The van der Waals surface area contributed by atoms with E-state index >= 15 is 0 Å². The molecule has 0 saturated carbocycles. The van der Waals surface area contributed by atoms with E-state index in [4.69, 9.17) is 0 Å². The van der Waals surface area contributed by atoms with E-state index in [2.05, 4.69) is 82.4 Å². The van der Waals surface area contributed by atoms with Gasteiger partial charge in [0.1, 0.15) is 0 Å². The summed E-state index contributed by atoms with van der Waals surface area (Å²) in [5.41, 5.74) is 6.96. The Hall–Kier alpha value is -3.27. The topological polar surface area (TPSA) is 3.24 Å². The molecule has 4 rings (SSSR count). The van der Waals surface area contributed by atoms with E-state index in [-0.39, 0.29) is 6.04 Å². The Morgan fingerprint density at radius 2 is 1.67 bits per heavy atom. The summed E-state index contributed by atoms with van der Waals surface area (Å²) in [6.45, 7) is 15.1. The third-order valence-corrected chi connectivity index (χ3v) is 7.73. The second-order valence-corrected chi connectivity index (χ2v) is 11.4. The van der Waals surface area contributed by atoms with Crippen LogP contribution in [0.3, 0.4) is 0 Å². The van der Waals surface area contributed by atoms with Gasteiger partial charge in [0.25, 0.3) is 0 Å². The SMILES string of the molecule is C=C(CCC)CCc1ccc(C(CC(C)C)N(C)/C=c2/cc3c(cc2=C)Cc2cc(C(F)(F)F)ccc2-3)cc1. The molecule has 0 aliphatic heterocycles. The zero-order valence-electron chi connectivity index (χ0n) is 23.7. The lowest BCUT2D eigenvalue weighted by molar-refractivity contribution is -0.137. The number of nitrogens with zero attached hydrogens (tertiary/aromatic N) is 1. The first-order valence-electron chi connectivity index (χ1n) is 14.0. The van der Waals surface area contributed by atoms with Crippen LogP contribution in [-0.2, 0) is 19.0 Å². The van der Waals surface area contributed by atoms with Gasteiger partial charge in [-0.3, -0.25) is 0 Å². The maximum atomic E-state index is 13.3. The molecule has 1 atom stereocenters. The van der Waals surface area contributed by atoms with Gasteiger partial charge in [0.2, 0.25) is 0 Å². The molecule has 1 nitrogen and oxygen atoms in total. The average Bonchev–Trinajstić information content (AvgIpc) is 3.22. The summed E-state index contributed by atoms with van der Waals surface area (Å²) in [6.07, 6.45) is 3.58. The second kappa shape index (κ2) is 11.9. The van der Waals surface area contributed by atoms with Gasteiger partial charge in [-0.05, 0) is 100 Å². The number of hydrogen-bond donors (Lipinski definition) is 0. The highest BCUT2D eigenvalue weighted by atomic mass is 19.4. The first-order valence-corrected chi connectivity index (χ1v) is 14.0. The molecule has 1 aliphatic carbocycles. The van der Waals surface area contributed by atoms with Crippen LogP contribution in [0.5, 0.6) is 0 Å². The van der Waals surface area contributed by atoms with Crippen molar-refractivity contribution in [1.82, 2.24) is 4.90 Å². The Balaban J connectivity index is 1.61. The minimum absolute atomic E-state index is 0.198. The van der Waals surface area contributed by atoms with E-state index in [9.17, 15) is 13.2 Å². The zero-order chi connectivity index (χ0) is 28.3. The lowest BCUT2D eigenvalue weighted by Crippen LogP contribution is -2.30. The lowest BCUT2D eigenvalue weighted by Gasteiger charge is -2.29. The number of aryl methyl sites for hydroxylation is 1. The van der Waals surface area contributed by atoms with Crippen molar-refractivity contribution in [3.63, 3.8) is 0 Å². The van der Waals surface area contributed by atoms with E-state index in [0.29, 0.717) is 12.3 Å². The van der Waals surface area contributed by atoms with Gasteiger partial charge in [-0.25, -0.2) is 0 Å². The van der Waals surface area contributed by atoms with Crippen molar-refractivity contribution in [2.24, 2.45) is 5.92 Å². The highest BCUT2D eigenvalue weighted by molar-refractivity contribution is 5.77. The van der Waals surface area contributed by atoms with Crippen molar-refractivity contribution in [3.05, 3.63) is 105 Å². The number of benzene rings is 3. The smallest absolute Gasteiger partial charge is 0.373 e. The lowest BCUT2D eigenvalue weighted by atomic mass is 9.94. The Kier molecular flexibility index (Phi) is 8.73.